The Labute approximate surface area is 145 Å². The molecule has 128 valence electrons. The number of nitrogens with one attached hydrogen (secondary N) is 1. The van der Waals surface area contributed by atoms with Crippen LogP contribution in [0.15, 0.2) is 12.1 Å². The molecule has 1 amide bonds. The molecule has 2 rings (SSSR count). The van der Waals surface area contributed by atoms with Crippen molar-refractivity contribution in [3.63, 3.8) is 0 Å². The lowest BCUT2D eigenvalue weighted by Gasteiger charge is -2.29. The van der Waals surface area contributed by atoms with Crippen molar-refractivity contribution >= 4 is 35.0 Å². The van der Waals surface area contributed by atoms with Gasteiger partial charge in [-0.3, -0.25) is 0 Å². The average molecular weight is 363 g/mol. The first-order valence-electron chi connectivity index (χ1n) is 7.55. The molecule has 0 radical (unpaired) electrons. The van der Waals surface area contributed by atoms with Crippen LogP contribution >= 0.6 is 23.2 Å². The van der Waals surface area contributed by atoms with E-state index in [2.05, 4.69) is 5.32 Å². The predicted molar refractivity (Wildman–Crippen MR) is 90.9 cm³/mol. The number of halogens is 3. The van der Waals surface area contributed by atoms with Crippen LogP contribution in [-0.2, 0) is 4.74 Å². The normalized spacial score (nSPS) is 18.2. The Morgan fingerprint density at radius 2 is 2.00 bits per heavy atom. The Bertz CT molecular complexity index is 567. The van der Waals surface area contributed by atoms with Gasteiger partial charge in [0.15, 0.2) is 5.82 Å². The van der Waals surface area contributed by atoms with Gasteiger partial charge in [-0.2, -0.15) is 0 Å². The van der Waals surface area contributed by atoms with E-state index in [1.54, 1.807) is 4.90 Å². The maximum absolute atomic E-state index is 13.4. The first-order chi connectivity index (χ1) is 10.7. The van der Waals surface area contributed by atoms with Gasteiger partial charge in [-0.1, -0.05) is 23.2 Å². The third-order valence-electron chi connectivity index (χ3n) is 3.53. The number of benzene rings is 1. The number of hydrogen-bond acceptors (Lipinski definition) is 3. The molecule has 0 aromatic heterocycles. The number of nitrogens with zero attached hydrogens (tertiary/aromatic N) is 1. The minimum Gasteiger partial charge on any atom is -0.444 e. The lowest BCUT2D eigenvalue weighted by Crippen LogP contribution is -2.42. The second-order valence-corrected chi connectivity index (χ2v) is 7.42. The fraction of sp³-hybridized carbons (Fsp3) is 0.562. The number of carbonyl (C=O) groups excluding carboxylic acids is 1. The number of ether oxygens (including phenoxy) is 1. The second-order valence-electron chi connectivity index (χ2n) is 6.60. The molecule has 0 saturated carbocycles. The lowest BCUT2D eigenvalue weighted by molar-refractivity contribution is 0.0235. The van der Waals surface area contributed by atoms with Gasteiger partial charge in [0.05, 0.1) is 16.1 Å². The molecule has 0 bridgehead atoms. The molecule has 7 heteroatoms. The molecule has 0 aliphatic carbocycles. The van der Waals surface area contributed by atoms with Crippen LogP contribution in [0.25, 0.3) is 0 Å². The minimum absolute atomic E-state index is 0.0208. The van der Waals surface area contributed by atoms with Gasteiger partial charge in [0.1, 0.15) is 5.60 Å². The number of rotatable bonds is 3. The number of anilines is 1. The molecule has 1 aromatic rings. The predicted octanol–water partition coefficient (Wildman–Crippen LogP) is 4.94. The van der Waals surface area contributed by atoms with Gasteiger partial charge in [-0.05, 0) is 45.7 Å². The smallest absolute Gasteiger partial charge is 0.410 e. The topological polar surface area (TPSA) is 41.6 Å². The van der Waals surface area contributed by atoms with Gasteiger partial charge < -0.3 is 15.0 Å². The molecular weight excluding hydrogens is 342 g/mol. The van der Waals surface area contributed by atoms with Crippen LogP contribution in [-0.4, -0.2) is 35.7 Å². The number of likely N-dealkylation sites (tertiary alicyclic amines) is 1. The van der Waals surface area contributed by atoms with Crippen molar-refractivity contribution in [1.29, 1.82) is 0 Å². The van der Waals surface area contributed by atoms with Crippen LogP contribution in [0, 0.1) is 5.82 Å². The Kier molecular flexibility index (Phi) is 5.63. The average Bonchev–Trinajstić information content (AvgIpc) is 2.89. The van der Waals surface area contributed by atoms with Gasteiger partial charge in [-0.25, -0.2) is 9.18 Å². The summed E-state index contributed by atoms with van der Waals surface area (Å²) in [6, 6.07) is 2.98. The zero-order valence-corrected chi connectivity index (χ0v) is 15.0. The summed E-state index contributed by atoms with van der Waals surface area (Å²) in [5.41, 5.74) is 0.104. The maximum atomic E-state index is 13.4. The van der Waals surface area contributed by atoms with E-state index in [0.29, 0.717) is 18.8 Å². The molecular formula is C16H21Cl2FN2O2. The van der Waals surface area contributed by atoms with E-state index in [9.17, 15) is 9.18 Å². The van der Waals surface area contributed by atoms with Crippen molar-refractivity contribution in [3.05, 3.63) is 28.0 Å². The van der Waals surface area contributed by atoms with Crippen molar-refractivity contribution in [2.24, 2.45) is 0 Å². The molecule has 1 unspecified atom stereocenters. The number of amides is 1. The molecule has 0 spiro atoms. The SMILES string of the molecule is CC(C)(C)OC(=O)N1CCCC1CNc1cc(Cl)c(F)c(Cl)c1. The second kappa shape index (κ2) is 7.14. The third kappa shape index (κ3) is 4.88. The van der Waals surface area contributed by atoms with Crippen molar-refractivity contribution in [2.45, 2.75) is 45.3 Å². The van der Waals surface area contributed by atoms with E-state index in [1.807, 2.05) is 20.8 Å². The van der Waals surface area contributed by atoms with Crippen LogP contribution in [0.4, 0.5) is 14.9 Å². The lowest BCUT2D eigenvalue weighted by atomic mass is 10.2. The van der Waals surface area contributed by atoms with E-state index in [-0.39, 0.29) is 22.2 Å². The zero-order valence-electron chi connectivity index (χ0n) is 13.5. The van der Waals surface area contributed by atoms with Crippen molar-refractivity contribution < 1.29 is 13.9 Å². The summed E-state index contributed by atoms with van der Waals surface area (Å²) in [4.78, 5) is 13.9. The standard InChI is InChI=1S/C16H21Cl2FN2O2/c1-16(2,3)23-15(22)21-6-4-5-11(21)9-20-10-7-12(17)14(19)13(18)8-10/h7-8,11,20H,4-6,9H2,1-3H3. The van der Waals surface area contributed by atoms with Gasteiger partial charge in [0.25, 0.3) is 0 Å². The Balaban J connectivity index is 1.98. The van der Waals surface area contributed by atoms with Crippen molar-refractivity contribution in [2.75, 3.05) is 18.4 Å². The third-order valence-corrected chi connectivity index (χ3v) is 4.08. The molecule has 1 heterocycles. The van der Waals surface area contributed by atoms with Gasteiger partial charge >= 0.3 is 6.09 Å². The Morgan fingerprint density at radius 3 is 2.57 bits per heavy atom. The molecule has 1 saturated heterocycles. The van der Waals surface area contributed by atoms with Crippen LogP contribution in [0.2, 0.25) is 10.0 Å². The summed E-state index contributed by atoms with van der Waals surface area (Å²) in [5.74, 6) is -0.630. The minimum atomic E-state index is -0.630. The first-order valence-corrected chi connectivity index (χ1v) is 8.31. The quantitative estimate of drug-likeness (QED) is 0.773. The van der Waals surface area contributed by atoms with Crippen molar-refractivity contribution in [3.8, 4) is 0 Å². The first kappa shape index (κ1) is 18.1. The highest BCUT2D eigenvalue weighted by atomic mass is 35.5. The van der Waals surface area contributed by atoms with Gasteiger partial charge in [0.2, 0.25) is 0 Å². The maximum Gasteiger partial charge on any atom is 0.410 e. The van der Waals surface area contributed by atoms with E-state index in [1.165, 1.54) is 12.1 Å². The van der Waals surface area contributed by atoms with E-state index in [0.717, 1.165) is 12.8 Å². The van der Waals surface area contributed by atoms with Gasteiger partial charge in [-0.15, -0.1) is 0 Å². The van der Waals surface area contributed by atoms with E-state index < -0.39 is 11.4 Å². The highest BCUT2D eigenvalue weighted by Crippen LogP contribution is 2.28. The Hall–Kier alpha value is -1.20. The van der Waals surface area contributed by atoms with Crippen molar-refractivity contribution in [1.82, 2.24) is 4.90 Å². The summed E-state index contributed by atoms with van der Waals surface area (Å²) in [5, 5.41) is 3.09. The van der Waals surface area contributed by atoms with E-state index in [4.69, 9.17) is 27.9 Å². The van der Waals surface area contributed by atoms with Gasteiger partial charge in [0, 0.05) is 18.8 Å². The molecule has 4 nitrogen and oxygen atoms in total. The van der Waals surface area contributed by atoms with Crippen LogP contribution in [0.5, 0.6) is 0 Å². The summed E-state index contributed by atoms with van der Waals surface area (Å²) < 4.78 is 18.8. The molecule has 1 aliphatic rings. The summed E-state index contributed by atoms with van der Waals surface area (Å²) in [7, 11) is 0. The Morgan fingerprint density at radius 1 is 1.39 bits per heavy atom. The number of carbonyl (C=O) groups is 1. The van der Waals surface area contributed by atoms with Crippen LogP contribution in [0.1, 0.15) is 33.6 Å². The summed E-state index contributed by atoms with van der Waals surface area (Å²) in [6.07, 6.45) is 1.50. The molecule has 1 aromatic carbocycles. The summed E-state index contributed by atoms with van der Waals surface area (Å²) >= 11 is 11.6. The monoisotopic (exact) mass is 362 g/mol. The molecule has 1 N–H and O–H groups in total. The largest absolute Gasteiger partial charge is 0.444 e. The molecule has 1 fully saturated rings. The fourth-order valence-corrected chi connectivity index (χ4v) is 2.99. The molecule has 1 aliphatic heterocycles. The van der Waals surface area contributed by atoms with Crippen LogP contribution < -0.4 is 5.32 Å². The molecule has 1 atom stereocenters. The number of hydrogen-bond donors (Lipinski definition) is 1. The zero-order chi connectivity index (χ0) is 17.2. The highest BCUT2D eigenvalue weighted by molar-refractivity contribution is 6.35. The highest BCUT2D eigenvalue weighted by Gasteiger charge is 2.31. The van der Waals surface area contributed by atoms with Crippen LogP contribution in [0.3, 0.4) is 0 Å². The fourth-order valence-electron chi connectivity index (χ4n) is 2.50. The summed E-state index contributed by atoms with van der Waals surface area (Å²) in [6.45, 7) is 6.73. The molecule has 23 heavy (non-hydrogen) atoms. The van der Waals surface area contributed by atoms with E-state index >= 15 is 0 Å².